The highest BCUT2D eigenvalue weighted by Gasteiger charge is 2.28. The maximum Gasteiger partial charge on any atom is 0.410 e. The molecule has 6 heteroatoms. The molecule has 0 radical (unpaired) electrons. The van der Waals surface area contributed by atoms with Gasteiger partial charge in [0, 0.05) is 36.2 Å². The zero-order chi connectivity index (χ0) is 19.6. The largest absolute Gasteiger partial charge is 0.444 e. The standard InChI is InChI=1S/C21H29BrN2O3/c1-21(2,3)27-20(26)24-11-7-15(8-12-24)6-10-23-13-9-16-14-17(22)4-5-18(16)19(23)25/h4-5,14-15H,6-13H2,1-3H3. The third kappa shape index (κ3) is 5.24. The van der Waals surface area contributed by atoms with Crippen molar-refractivity contribution in [3.05, 3.63) is 33.8 Å². The Bertz CT molecular complexity index is 706. The van der Waals surface area contributed by atoms with Gasteiger partial charge in [0.1, 0.15) is 5.60 Å². The molecule has 0 bridgehead atoms. The van der Waals surface area contributed by atoms with Gasteiger partial charge in [-0.05, 0) is 76.1 Å². The minimum atomic E-state index is -0.450. The van der Waals surface area contributed by atoms with Gasteiger partial charge in [0.2, 0.25) is 0 Å². The Morgan fingerprint density at radius 1 is 1.22 bits per heavy atom. The topological polar surface area (TPSA) is 49.9 Å². The molecule has 0 spiro atoms. The number of carbonyl (C=O) groups is 2. The number of ether oxygens (including phenoxy) is 1. The van der Waals surface area contributed by atoms with E-state index in [4.69, 9.17) is 4.74 Å². The van der Waals surface area contributed by atoms with Crippen LogP contribution in [0, 0.1) is 5.92 Å². The molecule has 1 fully saturated rings. The van der Waals surface area contributed by atoms with Crippen LogP contribution in [-0.4, -0.2) is 53.6 Å². The predicted octanol–water partition coefficient (Wildman–Crippen LogP) is 4.48. The molecule has 1 aromatic carbocycles. The zero-order valence-electron chi connectivity index (χ0n) is 16.5. The number of halogens is 1. The number of benzene rings is 1. The first-order chi connectivity index (χ1) is 12.7. The fourth-order valence-electron chi connectivity index (χ4n) is 3.79. The lowest BCUT2D eigenvalue weighted by molar-refractivity contribution is 0.0178. The van der Waals surface area contributed by atoms with E-state index in [1.165, 1.54) is 0 Å². The van der Waals surface area contributed by atoms with E-state index in [9.17, 15) is 9.59 Å². The summed E-state index contributed by atoms with van der Waals surface area (Å²) in [6, 6.07) is 5.91. The molecule has 2 amide bonds. The molecule has 0 N–H and O–H groups in total. The molecule has 2 aliphatic heterocycles. The predicted molar refractivity (Wildman–Crippen MR) is 109 cm³/mol. The zero-order valence-corrected chi connectivity index (χ0v) is 18.0. The van der Waals surface area contributed by atoms with Crippen LogP contribution in [0.2, 0.25) is 0 Å². The summed E-state index contributed by atoms with van der Waals surface area (Å²) >= 11 is 3.48. The van der Waals surface area contributed by atoms with E-state index in [1.807, 2.05) is 42.7 Å². The lowest BCUT2D eigenvalue weighted by Crippen LogP contribution is -2.43. The molecule has 0 aromatic heterocycles. The Morgan fingerprint density at radius 2 is 1.93 bits per heavy atom. The van der Waals surface area contributed by atoms with Crippen molar-refractivity contribution in [1.82, 2.24) is 9.80 Å². The first kappa shape index (κ1) is 20.2. The monoisotopic (exact) mass is 436 g/mol. The van der Waals surface area contributed by atoms with Gasteiger partial charge >= 0.3 is 6.09 Å². The van der Waals surface area contributed by atoms with Crippen LogP contribution in [-0.2, 0) is 11.2 Å². The molecule has 148 valence electrons. The highest BCUT2D eigenvalue weighted by molar-refractivity contribution is 9.10. The van der Waals surface area contributed by atoms with Gasteiger partial charge in [-0.1, -0.05) is 15.9 Å². The Hall–Kier alpha value is -1.56. The van der Waals surface area contributed by atoms with Crippen LogP contribution in [0.3, 0.4) is 0 Å². The van der Waals surface area contributed by atoms with Crippen LogP contribution in [0.15, 0.2) is 22.7 Å². The molecule has 0 aliphatic carbocycles. The first-order valence-electron chi connectivity index (χ1n) is 9.78. The molecule has 1 aromatic rings. The molecule has 3 rings (SSSR count). The van der Waals surface area contributed by atoms with E-state index in [0.717, 1.165) is 67.5 Å². The molecule has 2 heterocycles. The number of nitrogens with zero attached hydrogens (tertiary/aromatic N) is 2. The van der Waals surface area contributed by atoms with Gasteiger partial charge in [-0.15, -0.1) is 0 Å². The van der Waals surface area contributed by atoms with Crippen LogP contribution in [0.1, 0.15) is 56.0 Å². The molecular formula is C21H29BrN2O3. The minimum Gasteiger partial charge on any atom is -0.444 e. The maximum absolute atomic E-state index is 12.7. The van der Waals surface area contributed by atoms with Crippen LogP contribution in [0.25, 0.3) is 0 Å². The SMILES string of the molecule is CC(C)(C)OC(=O)N1CCC(CCN2CCc3cc(Br)ccc3C2=O)CC1. The van der Waals surface area contributed by atoms with Crippen molar-refractivity contribution in [2.75, 3.05) is 26.2 Å². The minimum absolute atomic E-state index is 0.148. The number of amides is 2. The van der Waals surface area contributed by atoms with Gasteiger partial charge in [-0.2, -0.15) is 0 Å². The number of rotatable bonds is 3. The van der Waals surface area contributed by atoms with Gasteiger partial charge in [0.25, 0.3) is 5.91 Å². The van der Waals surface area contributed by atoms with Crippen LogP contribution in [0.5, 0.6) is 0 Å². The van der Waals surface area contributed by atoms with E-state index in [-0.39, 0.29) is 12.0 Å². The van der Waals surface area contributed by atoms with E-state index in [2.05, 4.69) is 22.0 Å². The summed E-state index contributed by atoms with van der Waals surface area (Å²) in [5.41, 5.74) is 1.52. The summed E-state index contributed by atoms with van der Waals surface area (Å²) in [5.74, 6) is 0.706. The number of hydrogen-bond acceptors (Lipinski definition) is 3. The lowest BCUT2D eigenvalue weighted by atomic mass is 9.92. The molecule has 1 saturated heterocycles. The maximum atomic E-state index is 12.7. The van der Waals surface area contributed by atoms with E-state index < -0.39 is 5.60 Å². The molecule has 0 saturated carbocycles. The quantitative estimate of drug-likeness (QED) is 0.701. The van der Waals surface area contributed by atoms with Gasteiger partial charge in [-0.25, -0.2) is 4.79 Å². The van der Waals surface area contributed by atoms with Crippen LogP contribution in [0.4, 0.5) is 4.79 Å². The molecule has 0 unspecified atom stereocenters. The van der Waals surface area contributed by atoms with Gasteiger partial charge in [0.05, 0.1) is 0 Å². The van der Waals surface area contributed by atoms with Crippen molar-refractivity contribution in [3.8, 4) is 0 Å². The number of fused-ring (bicyclic) bond motifs is 1. The Kier molecular flexibility index (Phi) is 6.14. The van der Waals surface area contributed by atoms with E-state index >= 15 is 0 Å². The van der Waals surface area contributed by atoms with Crippen LogP contribution < -0.4 is 0 Å². The van der Waals surface area contributed by atoms with E-state index in [0.29, 0.717) is 5.92 Å². The van der Waals surface area contributed by atoms with Crippen molar-refractivity contribution in [3.63, 3.8) is 0 Å². The van der Waals surface area contributed by atoms with Crippen molar-refractivity contribution >= 4 is 27.9 Å². The first-order valence-corrected chi connectivity index (χ1v) is 10.6. The van der Waals surface area contributed by atoms with Gasteiger partial charge in [-0.3, -0.25) is 4.79 Å². The molecular weight excluding hydrogens is 408 g/mol. The fraction of sp³-hybridized carbons (Fsp3) is 0.619. The van der Waals surface area contributed by atoms with Crippen LogP contribution >= 0.6 is 15.9 Å². The van der Waals surface area contributed by atoms with E-state index in [1.54, 1.807) is 0 Å². The normalized spacial score (nSPS) is 18.4. The molecule has 0 atom stereocenters. The summed E-state index contributed by atoms with van der Waals surface area (Å²) in [6.45, 7) is 8.75. The number of likely N-dealkylation sites (tertiary alicyclic amines) is 1. The second-order valence-corrected chi connectivity index (χ2v) is 9.46. The second-order valence-electron chi connectivity index (χ2n) is 8.54. The average Bonchev–Trinajstić information content (AvgIpc) is 2.60. The number of carbonyl (C=O) groups excluding carboxylic acids is 2. The fourth-order valence-corrected chi connectivity index (χ4v) is 4.20. The Balaban J connectivity index is 1.46. The van der Waals surface area contributed by atoms with Crippen molar-refractivity contribution in [1.29, 1.82) is 0 Å². The summed E-state index contributed by atoms with van der Waals surface area (Å²) in [5, 5.41) is 0. The second kappa shape index (κ2) is 8.21. The number of hydrogen-bond donors (Lipinski definition) is 0. The van der Waals surface area contributed by atoms with Gasteiger partial charge < -0.3 is 14.5 Å². The summed E-state index contributed by atoms with van der Waals surface area (Å²) < 4.78 is 6.48. The van der Waals surface area contributed by atoms with Crippen molar-refractivity contribution in [2.45, 2.75) is 52.1 Å². The van der Waals surface area contributed by atoms with Crippen molar-refractivity contribution < 1.29 is 14.3 Å². The third-order valence-corrected chi connectivity index (χ3v) is 5.80. The van der Waals surface area contributed by atoms with Gasteiger partial charge in [0.15, 0.2) is 0 Å². The summed E-state index contributed by atoms with van der Waals surface area (Å²) in [7, 11) is 0. The highest BCUT2D eigenvalue weighted by atomic mass is 79.9. The Morgan fingerprint density at radius 3 is 2.59 bits per heavy atom. The summed E-state index contributed by atoms with van der Waals surface area (Å²) in [4.78, 5) is 28.7. The molecule has 5 nitrogen and oxygen atoms in total. The highest BCUT2D eigenvalue weighted by Crippen LogP contribution is 2.26. The summed E-state index contributed by atoms with van der Waals surface area (Å²) in [6.07, 6.45) is 3.66. The van der Waals surface area contributed by atoms with Crippen molar-refractivity contribution in [2.24, 2.45) is 5.92 Å². The Labute approximate surface area is 170 Å². The smallest absolute Gasteiger partial charge is 0.410 e. The average molecular weight is 437 g/mol. The number of piperidine rings is 1. The lowest BCUT2D eigenvalue weighted by Gasteiger charge is -2.35. The third-order valence-electron chi connectivity index (χ3n) is 5.31. The molecule has 2 aliphatic rings. The molecule has 27 heavy (non-hydrogen) atoms.